The fourth-order valence-electron chi connectivity index (χ4n) is 4.16. The van der Waals surface area contributed by atoms with Crippen LogP contribution in [0.15, 0.2) is 60.5 Å². The molecule has 0 radical (unpaired) electrons. The van der Waals surface area contributed by atoms with Gasteiger partial charge in [0.05, 0.1) is 23.8 Å². The van der Waals surface area contributed by atoms with Crippen molar-refractivity contribution in [2.24, 2.45) is 5.10 Å². The standard InChI is InChI=1S/C23H23N5/c1-16-22-15-25-28(21-9-5-10-24-14-21)18(3)23(22)17(2)27(16)20-8-4-7-19(13-20)26-11-6-12-26/h4-5,7-10,13-15H,3,6,11-12H2,1-2H3. The molecule has 2 aliphatic rings. The van der Waals surface area contributed by atoms with Crippen molar-refractivity contribution >= 4 is 23.3 Å². The molecule has 3 aromatic rings. The molecule has 5 heteroatoms. The summed E-state index contributed by atoms with van der Waals surface area (Å²) in [4.78, 5) is 6.64. The Morgan fingerprint density at radius 3 is 2.46 bits per heavy atom. The van der Waals surface area contributed by atoms with Crippen molar-refractivity contribution in [2.75, 3.05) is 23.0 Å². The van der Waals surface area contributed by atoms with Crippen LogP contribution in [-0.2, 0) is 0 Å². The second-order valence-electron chi connectivity index (χ2n) is 7.37. The maximum atomic E-state index is 4.65. The summed E-state index contributed by atoms with van der Waals surface area (Å²) in [5, 5.41) is 6.51. The number of rotatable bonds is 3. The van der Waals surface area contributed by atoms with Crippen LogP contribution in [0.4, 0.5) is 11.4 Å². The quantitative estimate of drug-likeness (QED) is 0.681. The smallest absolute Gasteiger partial charge is 0.0835 e. The van der Waals surface area contributed by atoms with Crippen molar-refractivity contribution in [3.8, 4) is 5.69 Å². The van der Waals surface area contributed by atoms with Gasteiger partial charge in [0.25, 0.3) is 0 Å². The third-order valence-electron chi connectivity index (χ3n) is 5.74. The summed E-state index contributed by atoms with van der Waals surface area (Å²) >= 11 is 0. The molecule has 2 aliphatic heterocycles. The Kier molecular flexibility index (Phi) is 3.83. The molecule has 1 aromatic carbocycles. The summed E-state index contributed by atoms with van der Waals surface area (Å²) in [5.74, 6) is 0. The number of hydrogen-bond acceptors (Lipinski definition) is 4. The molecule has 0 saturated carbocycles. The molecule has 140 valence electrons. The highest BCUT2D eigenvalue weighted by atomic mass is 15.5. The molecule has 1 fully saturated rings. The van der Waals surface area contributed by atoms with E-state index in [1.165, 1.54) is 29.2 Å². The Labute approximate surface area is 165 Å². The highest BCUT2D eigenvalue weighted by Gasteiger charge is 2.26. The Morgan fingerprint density at radius 1 is 0.964 bits per heavy atom. The first-order valence-electron chi connectivity index (χ1n) is 9.66. The lowest BCUT2D eigenvalue weighted by atomic mass is 10.1. The first kappa shape index (κ1) is 16.8. The van der Waals surface area contributed by atoms with E-state index in [4.69, 9.17) is 0 Å². The molecule has 0 amide bonds. The first-order chi connectivity index (χ1) is 13.6. The van der Waals surface area contributed by atoms with Crippen LogP contribution in [0.2, 0.25) is 0 Å². The van der Waals surface area contributed by atoms with Crippen molar-refractivity contribution in [3.05, 3.63) is 77.9 Å². The highest BCUT2D eigenvalue weighted by Crippen LogP contribution is 2.37. The minimum atomic E-state index is 0.878. The fraction of sp³-hybridized carbons (Fsp3) is 0.217. The molecule has 0 N–H and O–H groups in total. The Hall–Kier alpha value is -3.34. The van der Waals surface area contributed by atoms with Gasteiger partial charge in [0, 0.05) is 53.2 Å². The van der Waals surface area contributed by atoms with E-state index in [2.05, 4.69) is 64.2 Å². The number of hydrazone groups is 1. The van der Waals surface area contributed by atoms with E-state index >= 15 is 0 Å². The second-order valence-corrected chi connectivity index (χ2v) is 7.37. The van der Waals surface area contributed by atoms with Gasteiger partial charge < -0.3 is 9.47 Å². The van der Waals surface area contributed by atoms with Crippen molar-refractivity contribution in [2.45, 2.75) is 20.3 Å². The number of fused-ring (bicyclic) bond motifs is 1. The summed E-state index contributed by atoms with van der Waals surface area (Å²) < 4.78 is 2.32. The van der Waals surface area contributed by atoms with Gasteiger partial charge in [-0.25, -0.2) is 5.01 Å². The maximum Gasteiger partial charge on any atom is 0.0835 e. The lowest BCUT2D eigenvalue weighted by molar-refractivity contribution is 0.617. The van der Waals surface area contributed by atoms with E-state index in [0.29, 0.717) is 0 Å². The highest BCUT2D eigenvalue weighted by molar-refractivity contribution is 5.98. The molecule has 28 heavy (non-hydrogen) atoms. The third kappa shape index (κ3) is 2.47. The molecule has 5 nitrogen and oxygen atoms in total. The zero-order valence-corrected chi connectivity index (χ0v) is 16.3. The molecule has 0 bridgehead atoms. The second kappa shape index (κ2) is 6.37. The van der Waals surface area contributed by atoms with Gasteiger partial charge in [0.1, 0.15) is 0 Å². The Bertz CT molecular complexity index is 1090. The number of hydrogen-bond donors (Lipinski definition) is 0. The molecule has 5 rings (SSSR count). The van der Waals surface area contributed by atoms with Crippen LogP contribution >= 0.6 is 0 Å². The van der Waals surface area contributed by atoms with E-state index in [1.54, 1.807) is 6.20 Å². The topological polar surface area (TPSA) is 36.7 Å². The number of nitrogens with zero attached hydrogens (tertiary/aromatic N) is 5. The molecule has 2 aromatic heterocycles. The van der Waals surface area contributed by atoms with E-state index in [0.717, 1.165) is 35.6 Å². The Morgan fingerprint density at radius 2 is 1.75 bits per heavy atom. The molecule has 4 heterocycles. The molecule has 0 unspecified atom stereocenters. The molecule has 1 saturated heterocycles. The number of aromatic nitrogens is 2. The third-order valence-corrected chi connectivity index (χ3v) is 5.74. The normalized spacial score (nSPS) is 15.6. The minimum absolute atomic E-state index is 0.878. The molecular weight excluding hydrogens is 346 g/mol. The van der Waals surface area contributed by atoms with Crippen LogP contribution in [0, 0.1) is 13.8 Å². The first-order valence-corrected chi connectivity index (χ1v) is 9.66. The van der Waals surface area contributed by atoms with Gasteiger partial charge in [-0.15, -0.1) is 0 Å². The average molecular weight is 369 g/mol. The lowest BCUT2D eigenvalue weighted by Gasteiger charge is -2.33. The lowest BCUT2D eigenvalue weighted by Crippen LogP contribution is -2.36. The molecule has 0 spiro atoms. The number of benzene rings is 1. The zero-order valence-electron chi connectivity index (χ0n) is 16.3. The van der Waals surface area contributed by atoms with Gasteiger partial charge in [-0.3, -0.25) is 4.98 Å². The summed E-state index contributed by atoms with van der Waals surface area (Å²) in [7, 11) is 0. The van der Waals surface area contributed by atoms with Crippen molar-refractivity contribution in [3.63, 3.8) is 0 Å². The minimum Gasteiger partial charge on any atom is -0.371 e. The van der Waals surface area contributed by atoms with Crippen LogP contribution in [0.3, 0.4) is 0 Å². The summed E-state index contributed by atoms with van der Waals surface area (Å²) in [6.07, 6.45) is 6.79. The van der Waals surface area contributed by atoms with Gasteiger partial charge in [0.15, 0.2) is 0 Å². The van der Waals surface area contributed by atoms with E-state index in [-0.39, 0.29) is 0 Å². The van der Waals surface area contributed by atoms with E-state index < -0.39 is 0 Å². The summed E-state index contributed by atoms with van der Waals surface area (Å²) in [6, 6.07) is 12.7. The van der Waals surface area contributed by atoms with Gasteiger partial charge in [-0.2, -0.15) is 5.10 Å². The Balaban J connectivity index is 1.59. The van der Waals surface area contributed by atoms with Crippen LogP contribution in [0.1, 0.15) is 28.9 Å². The predicted molar refractivity (Wildman–Crippen MR) is 115 cm³/mol. The van der Waals surface area contributed by atoms with Gasteiger partial charge in [0.2, 0.25) is 0 Å². The maximum absolute atomic E-state index is 4.65. The fourth-order valence-corrected chi connectivity index (χ4v) is 4.16. The van der Waals surface area contributed by atoms with Crippen molar-refractivity contribution < 1.29 is 0 Å². The van der Waals surface area contributed by atoms with Crippen LogP contribution in [0.25, 0.3) is 11.4 Å². The van der Waals surface area contributed by atoms with Crippen LogP contribution < -0.4 is 9.91 Å². The SMILES string of the molecule is C=C1c2c(c(C)n(-c3cccc(N4CCC4)c3)c2C)C=NN1c1cccnc1. The number of pyridine rings is 1. The van der Waals surface area contributed by atoms with Crippen molar-refractivity contribution in [1.29, 1.82) is 0 Å². The molecular formula is C23H23N5. The van der Waals surface area contributed by atoms with Crippen molar-refractivity contribution in [1.82, 2.24) is 9.55 Å². The molecule has 0 aliphatic carbocycles. The van der Waals surface area contributed by atoms with Gasteiger partial charge in [-0.05, 0) is 50.6 Å². The number of anilines is 2. The van der Waals surface area contributed by atoms with Crippen LogP contribution in [-0.4, -0.2) is 28.9 Å². The average Bonchev–Trinajstić information content (AvgIpc) is 2.93. The van der Waals surface area contributed by atoms with E-state index in [1.807, 2.05) is 29.6 Å². The van der Waals surface area contributed by atoms with E-state index in [9.17, 15) is 0 Å². The van der Waals surface area contributed by atoms with Gasteiger partial charge in [-0.1, -0.05) is 12.6 Å². The largest absolute Gasteiger partial charge is 0.371 e. The van der Waals surface area contributed by atoms with Gasteiger partial charge >= 0.3 is 0 Å². The monoisotopic (exact) mass is 369 g/mol. The zero-order chi connectivity index (χ0) is 19.3. The predicted octanol–water partition coefficient (Wildman–Crippen LogP) is 4.52. The summed E-state index contributed by atoms with van der Waals surface area (Å²) in [6.45, 7) is 11.0. The van der Waals surface area contributed by atoms with Crippen LogP contribution in [0.5, 0.6) is 0 Å². The summed E-state index contributed by atoms with van der Waals surface area (Å²) in [5.41, 5.74) is 8.91. The molecule has 0 atom stereocenters.